The van der Waals surface area contributed by atoms with Crippen LogP contribution < -0.4 is 0 Å². The summed E-state index contributed by atoms with van der Waals surface area (Å²) in [5, 5.41) is 0. The van der Waals surface area contributed by atoms with E-state index in [0.29, 0.717) is 12.2 Å². The smallest absolute Gasteiger partial charge is 0.338 e. The Hall–Kier alpha value is -1.35. The van der Waals surface area contributed by atoms with Crippen molar-refractivity contribution in [3.63, 3.8) is 0 Å². The van der Waals surface area contributed by atoms with E-state index in [1.165, 1.54) is 0 Å². The number of carbonyl (C=O) groups excluding carboxylic acids is 1. The van der Waals surface area contributed by atoms with E-state index in [-0.39, 0.29) is 5.97 Å². The molecule has 0 saturated carbocycles. The molecule has 0 N–H and O–H groups in total. The number of hydrogen-bond donors (Lipinski definition) is 0. The molecule has 0 bridgehead atoms. The van der Waals surface area contributed by atoms with Gasteiger partial charge in [0.2, 0.25) is 0 Å². The number of benzene rings is 1. The molecule has 0 saturated heterocycles. The van der Waals surface area contributed by atoms with E-state index in [9.17, 15) is 4.79 Å². The number of allylic oxidation sites excluding steroid dienone is 2. The average molecular weight is 293 g/mol. The second kappa shape index (κ2) is 5.82. The first-order chi connectivity index (χ1) is 8.25. The number of halogens is 1. The lowest BCUT2D eigenvalue weighted by molar-refractivity contribution is 0.0542. The third-order valence-electron chi connectivity index (χ3n) is 2.50. The minimum atomic E-state index is -0.286. The fourth-order valence-corrected chi connectivity index (χ4v) is 2.02. The Morgan fingerprint density at radius 3 is 2.94 bits per heavy atom. The summed E-state index contributed by atoms with van der Waals surface area (Å²) in [6.45, 7) is 0.349. The van der Waals surface area contributed by atoms with E-state index in [0.717, 1.165) is 22.9 Å². The first-order valence-electron chi connectivity index (χ1n) is 5.54. The quantitative estimate of drug-likeness (QED) is 0.790. The maximum Gasteiger partial charge on any atom is 0.338 e. The SMILES string of the molecule is O=C(OCC1=CCCC=C1)c1cccc(Br)c1. The van der Waals surface area contributed by atoms with Gasteiger partial charge < -0.3 is 4.74 Å². The molecule has 2 rings (SSSR count). The summed E-state index contributed by atoms with van der Waals surface area (Å²) in [6.07, 6.45) is 8.32. The van der Waals surface area contributed by atoms with Gasteiger partial charge in [0.1, 0.15) is 6.61 Å². The van der Waals surface area contributed by atoms with Crippen molar-refractivity contribution in [2.75, 3.05) is 6.61 Å². The molecular formula is C14H13BrO2. The predicted molar refractivity (Wildman–Crippen MR) is 70.9 cm³/mol. The van der Waals surface area contributed by atoms with Crippen LogP contribution in [0, 0.1) is 0 Å². The van der Waals surface area contributed by atoms with Gasteiger partial charge in [-0.05, 0) is 36.6 Å². The lowest BCUT2D eigenvalue weighted by Crippen LogP contribution is -2.08. The highest BCUT2D eigenvalue weighted by Gasteiger charge is 2.08. The molecule has 0 aliphatic heterocycles. The molecule has 0 aromatic heterocycles. The van der Waals surface area contributed by atoms with Gasteiger partial charge in [-0.15, -0.1) is 0 Å². The third-order valence-corrected chi connectivity index (χ3v) is 3.00. The van der Waals surface area contributed by atoms with Crippen LogP contribution in [-0.2, 0) is 4.74 Å². The van der Waals surface area contributed by atoms with Gasteiger partial charge >= 0.3 is 5.97 Å². The summed E-state index contributed by atoms with van der Waals surface area (Å²) < 4.78 is 6.12. The molecule has 0 amide bonds. The maximum absolute atomic E-state index is 11.7. The molecule has 0 atom stereocenters. The first kappa shape index (κ1) is 12.1. The Morgan fingerprint density at radius 1 is 1.35 bits per heavy atom. The largest absolute Gasteiger partial charge is 0.457 e. The molecule has 2 nitrogen and oxygen atoms in total. The number of rotatable bonds is 3. The number of ether oxygens (including phenoxy) is 1. The van der Waals surface area contributed by atoms with E-state index in [1.54, 1.807) is 12.1 Å². The molecule has 0 radical (unpaired) electrons. The van der Waals surface area contributed by atoms with Crippen molar-refractivity contribution in [1.82, 2.24) is 0 Å². The second-order valence-electron chi connectivity index (χ2n) is 3.85. The first-order valence-corrected chi connectivity index (χ1v) is 6.33. The number of esters is 1. The van der Waals surface area contributed by atoms with Gasteiger partial charge in [-0.25, -0.2) is 4.79 Å². The zero-order chi connectivity index (χ0) is 12.1. The van der Waals surface area contributed by atoms with Gasteiger partial charge in [0.25, 0.3) is 0 Å². The molecule has 1 aromatic rings. The van der Waals surface area contributed by atoms with E-state index in [1.807, 2.05) is 18.2 Å². The molecule has 1 aliphatic rings. The minimum absolute atomic E-state index is 0.286. The number of carbonyl (C=O) groups is 1. The Kier molecular flexibility index (Phi) is 4.15. The fourth-order valence-electron chi connectivity index (χ4n) is 1.62. The van der Waals surface area contributed by atoms with Crippen molar-refractivity contribution in [2.24, 2.45) is 0 Å². The van der Waals surface area contributed by atoms with E-state index in [4.69, 9.17) is 4.74 Å². The summed E-state index contributed by atoms with van der Waals surface area (Å²) in [7, 11) is 0. The van der Waals surface area contributed by atoms with Crippen LogP contribution in [0.1, 0.15) is 23.2 Å². The van der Waals surface area contributed by atoms with Gasteiger partial charge in [-0.1, -0.05) is 40.2 Å². The average Bonchev–Trinajstić information content (AvgIpc) is 2.37. The fraction of sp³-hybridized carbons (Fsp3) is 0.214. The maximum atomic E-state index is 11.7. The Balaban J connectivity index is 1.93. The summed E-state index contributed by atoms with van der Waals surface area (Å²) in [4.78, 5) is 11.7. The third kappa shape index (κ3) is 3.56. The van der Waals surface area contributed by atoms with Crippen LogP contribution in [0.2, 0.25) is 0 Å². The van der Waals surface area contributed by atoms with Gasteiger partial charge in [-0.2, -0.15) is 0 Å². The zero-order valence-electron chi connectivity index (χ0n) is 9.36. The molecule has 3 heteroatoms. The van der Waals surface area contributed by atoms with Crippen LogP contribution in [0.5, 0.6) is 0 Å². The van der Waals surface area contributed by atoms with Gasteiger partial charge in [0.15, 0.2) is 0 Å². The standard InChI is InChI=1S/C14H13BrO2/c15-13-8-4-7-12(9-13)14(16)17-10-11-5-2-1-3-6-11/h2,4-9H,1,3,10H2. The molecule has 0 fully saturated rings. The monoisotopic (exact) mass is 292 g/mol. The predicted octanol–water partition coefficient (Wildman–Crippen LogP) is 3.88. The Morgan fingerprint density at radius 2 is 2.24 bits per heavy atom. The molecule has 0 heterocycles. The van der Waals surface area contributed by atoms with Crippen molar-refractivity contribution in [3.05, 3.63) is 58.1 Å². The summed E-state index contributed by atoms with van der Waals surface area (Å²) >= 11 is 3.33. The summed E-state index contributed by atoms with van der Waals surface area (Å²) in [5.74, 6) is -0.286. The molecule has 17 heavy (non-hydrogen) atoms. The van der Waals surface area contributed by atoms with Gasteiger partial charge in [0, 0.05) is 4.47 Å². The van der Waals surface area contributed by atoms with Crippen molar-refractivity contribution < 1.29 is 9.53 Å². The molecule has 88 valence electrons. The highest BCUT2D eigenvalue weighted by atomic mass is 79.9. The Labute approximate surface area is 109 Å². The van der Waals surface area contributed by atoms with Crippen LogP contribution in [0.15, 0.2) is 52.5 Å². The Bertz CT molecular complexity index is 475. The minimum Gasteiger partial charge on any atom is -0.457 e. The van der Waals surface area contributed by atoms with E-state index < -0.39 is 0 Å². The molecule has 1 aliphatic carbocycles. The van der Waals surface area contributed by atoms with Crippen molar-refractivity contribution in [3.8, 4) is 0 Å². The van der Waals surface area contributed by atoms with Crippen LogP contribution >= 0.6 is 15.9 Å². The highest BCUT2D eigenvalue weighted by Crippen LogP contribution is 2.14. The normalized spacial score (nSPS) is 14.3. The molecule has 0 spiro atoms. The van der Waals surface area contributed by atoms with Crippen molar-refractivity contribution in [1.29, 1.82) is 0 Å². The van der Waals surface area contributed by atoms with E-state index >= 15 is 0 Å². The molecule has 0 unspecified atom stereocenters. The lowest BCUT2D eigenvalue weighted by atomic mass is 10.1. The summed E-state index contributed by atoms with van der Waals surface area (Å²) in [5.41, 5.74) is 1.64. The topological polar surface area (TPSA) is 26.3 Å². The van der Waals surface area contributed by atoms with Crippen LogP contribution in [0.25, 0.3) is 0 Å². The van der Waals surface area contributed by atoms with Gasteiger partial charge in [0.05, 0.1) is 5.56 Å². The van der Waals surface area contributed by atoms with E-state index in [2.05, 4.69) is 28.1 Å². The van der Waals surface area contributed by atoms with Crippen LogP contribution in [0.3, 0.4) is 0 Å². The van der Waals surface area contributed by atoms with Gasteiger partial charge in [-0.3, -0.25) is 0 Å². The lowest BCUT2D eigenvalue weighted by Gasteiger charge is -2.08. The van der Waals surface area contributed by atoms with Crippen LogP contribution in [0.4, 0.5) is 0 Å². The second-order valence-corrected chi connectivity index (χ2v) is 4.76. The van der Waals surface area contributed by atoms with Crippen LogP contribution in [-0.4, -0.2) is 12.6 Å². The van der Waals surface area contributed by atoms with Crippen molar-refractivity contribution in [2.45, 2.75) is 12.8 Å². The highest BCUT2D eigenvalue weighted by molar-refractivity contribution is 9.10. The molecule has 1 aromatic carbocycles. The number of hydrogen-bond acceptors (Lipinski definition) is 2. The van der Waals surface area contributed by atoms with Crippen molar-refractivity contribution >= 4 is 21.9 Å². The zero-order valence-corrected chi connectivity index (χ0v) is 10.9. The summed E-state index contributed by atoms with van der Waals surface area (Å²) in [6, 6.07) is 7.20. The molecular weight excluding hydrogens is 280 g/mol.